The van der Waals surface area contributed by atoms with Gasteiger partial charge < -0.3 is 4.74 Å². The molecule has 15 heavy (non-hydrogen) atoms. The standard InChI is InChI=1S/C13H16O2/c1-10(2)4-5-11-6-8-12(9-7-11)13(14)15-3/h4-10H,1-3H3. The third-order valence-corrected chi connectivity index (χ3v) is 2.01. The van der Waals surface area contributed by atoms with E-state index in [-0.39, 0.29) is 5.97 Å². The van der Waals surface area contributed by atoms with Crippen LogP contribution in [0.1, 0.15) is 29.8 Å². The lowest BCUT2D eigenvalue weighted by atomic mass is 10.1. The van der Waals surface area contributed by atoms with Crippen LogP contribution >= 0.6 is 0 Å². The van der Waals surface area contributed by atoms with Crippen molar-refractivity contribution >= 4 is 12.0 Å². The minimum atomic E-state index is -0.297. The summed E-state index contributed by atoms with van der Waals surface area (Å²) in [6, 6.07) is 7.36. The molecule has 0 aromatic heterocycles. The minimum absolute atomic E-state index is 0.297. The van der Waals surface area contributed by atoms with Crippen LogP contribution in [-0.2, 0) is 4.74 Å². The maximum absolute atomic E-state index is 11.2. The van der Waals surface area contributed by atoms with Crippen molar-refractivity contribution in [2.75, 3.05) is 7.11 Å². The molecule has 0 fully saturated rings. The molecule has 0 amide bonds. The Bertz CT molecular complexity index is 347. The first-order valence-electron chi connectivity index (χ1n) is 5.00. The van der Waals surface area contributed by atoms with E-state index in [1.807, 2.05) is 18.2 Å². The van der Waals surface area contributed by atoms with Crippen molar-refractivity contribution in [2.24, 2.45) is 5.92 Å². The normalized spacial score (nSPS) is 10.9. The number of benzene rings is 1. The summed E-state index contributed by atoms with van der Waals surface area (Å²) < 4.78 is 4.62. The summed E-state index contributed by atoms with van der Waals surface area (Å²) >= 11 is 0. The first kappa shape index (κ1) is 11.5. The zero-order valence-corrected chi connectivity index (χ0v) is 9.36. The number of carbonyl (C=O) groups is 1. The summed E-state index contributed by atoms with van der Waals surface area (Å²) in [6.45, 7) is 4.25. The van der Waals surface area contributed by atoms with Crippen molar-refractivity contribution in [3.8, 4) is 0 Å². The van der Waals surface area contributed by atoms with E-state index >= 15 is 0 Å². The molecule has 2 heteroatoms. The number of esters is 1. The van der Waals surface area contributed by atoms with E-state index in [2.05, 4.69) is 24.7 Å². The van der Waals surface area contributed by atoms with Gasteiger partial charge in [0.2, 0.25) is 0 Å². The molecule has 0 heterocycles. The average Bonchev–Trinajstić information content (AvgIpc) is 2.26. The molecule has 0 saturated carbocycles. The maximum atomic E-state index is 11.2. The van der Waals surface area contributed by atoms with E-state index < -0.39 is 0 Å². The monoisotopic (exact) mass is 204 g/mol. The van der Waals surface area contributed by atoms with Crippen LogP contribution in [-0.4, -0.2) is 13.1 Å². The van der Waals surface area contributed by atoms with Crippen molar-refractivity contribution < 1.29 is 9.53 Å². The topological polar surface area (TPSA) is 26.3 Å². The second-order valence-electron chi connectivity index (χ2n) is 3.72. The van der Waals surface area contributed by atoms with Gasteiger partial charge >= 0.3 is 5.97 Å². The summed E-state index contributed by atoms with van der Waals surface area (Å²) in [6.07, 6.45) is 4.17. The van der Waals surface area contributed by atoms with Gasteiger partial charge in [0.1, 0.15) is 0 Å². The summed E-state index contributed by atoms with van der Waals surface area (Å²) in [5, 5.41) is 0. The highest BCUT2D eigenvalue weighted by Crippen LogP contribution is 2.08. The van der Waals surface area contributed by atoms with Crippen molar-refractivity contribution in [2.45, 2.75) is 13.8 Å². The van der Waals surface area contributed by atoms with Gasteiger partial charge in [-0.25, -0.2) is 4.79 Å². The Morgan fingerprint density at radius 3 is 2.33 bits per heavy atom. The fourth-order valence-corrected chi connectivity index (χ4v) is 1.15. The lowest BCUT2D eigenvalue weighted by Gasteiger charge is -1.99. The van der Waals surface area contributed by atoms with Gasteiger partial charge in [-0.2, -0.15) is 0 Å². The van der Waals surface area contributed by atoms with Crippen molar-refractivity contribution in [1.82, 2.24) is 0 Å². The molecule has 0 spiro atoms. The quantitative estimate of drug-likeness (QED) is 0.707. The van der Waals surface area contributed by atoms with Gasteiger partial charge in [0.15, 0.2) is 0 Å². The number of methoxy groups -OCH3 is 1. The lowest BCUT2D eigenvalue weighted by Crippen LogP contribution is -2.00. The molecular weight excluding hydrogens is 188 g/mol. The van der Waals surface area contributed by atoms with Crippen LogP contribution in [0.5, 0.6) is 0 Å². The first-order chi connectivity index (χ1) is 7.13. The molecule has 80 valence electrons. The Morgan fingerprint density at radius 2 is 1.87 bits per heavy atom. The van der Waals surface area contributed by atoms with Crippen molar-refractivity contribution in [3.05, 3.63) is 41.5 Å². The SMILES string of the molecule is COC(=O)c1ccc(C=CC(C)C)cc1. The van der Waals surface area contributed by atoms with Crippen LogP contribution in [0.3, 0.4) is 0 Å². The van der Waals surface area contributed by atoms with Gasteiger partial charge in [-0.15, -0.1) is 0 Å². The molecule has 1 rings (SSSR count). The van der Waals surface area contributed by atoms with Crippen LogP contribution in [0.4, 0.5) is 0 Å². The third kappa shape index (κ3) is 3.58. The molecule has 0 bridgehead atoms. The van der Waals surface area contributed by atoms with E-state index in [1.54, 1.807) is 12.1 Å². The van der Waals surface area contributed by atoms with E-state index in [9.17, 15) is 4.79 Å². The Kier molecular flexibility index (Phi) is 4.10. The fourth-order valence-electron chi connectivity index (χ4n) is 1.15. The van der Waals surface area contributed by atoms with Gasteiger partial charge in [0, 0.05) is 0 Å². The van der Waals surface area contributed by atoms with Crippen molar-refractivity contribution in [1.29, 1.82) is 0 Å². The van der Waals surface area contributed by atoms with Crippen LogP contribution < -0.4 is 0 Å². The van der Waals surface area contributed by atoms with Gasteiger partial charge in [0.25, 0.3) is 0 Å². The second kappa shape index (κ2) is 5.35. The predicted octanol–water partition coefficient (Wildman–Crippen LogP) is 3.14. The molecule has 0 atom stereocenters. The first-order valence-corrected chi connectivity index (χ1v) is 5.00. The molecule has 0 aliphatic heterocycles. The predicted molar refractivity (Wildman–Crippen MR) is 61.7 cm³/mol. The van der Waals surface area contributed by atoms with Crippen LogP contribution in [0, 0.1) is 5.92 Å². The molecule has 1 aromatic rings. The lowest BCUT2D eigenvalue weighted by molar-refractivity contribution is 0.0601. The van der Waals surface area contributed by atoms with E-state index in [0.29, 0.717) is 11.5 Å². The summed E-state index contributed by atoms with van der Waals surface area (Å²) in [7, 11) is 1.38. The Morgan fingerprint density at radius 1 is 1.27 bits per heavy atom. The number of carbonyl (C=O) groups excluding carboxylic acids is 1. The number of hydrogen-bond acceptors (Lipinski definition) is 2. The zero-order chi connectivity index (χ0) is 11.3. The van der Waals surface area contributed by atoms with Crippen LogP contribution in [0.2, 0.25) is 0 Å². The minimum Gasteiger partial charge on any atom is -0.465 e. The Balaban J connectivity index is 2.77. The Labute approximate surface area is 90.6 Å². The van der Waals surface area contributed by atoms with Gasteiger partial charge in [-0.3, -0.25) is 0 Å². The molecule has 0 radical (unpaired) electrons. The summed E-state index contributed by atoms with van der Waals surface area (Å²) in [5.41, 5.74) is 1.68. The van der Waals surface area contributed by atoms with Crippen molar-refractivity contribution in [3.63, 3.8) is 0 Å². The van der Waals surface area contributed by atoms with Crippen LogP contribution in [0.25, 0.3) is 6.08 Å². The van der Waals surface area contributed by atoms with Gasteiger partial charge in [-0.05, 0) is 23.6 Å². The molecule has 0 saturated heterocycles. The fraction of sp³-hybridized carbons (Fsp3) is 0.308. The summed E-state index contributed by atoms with van der Waals surface area (Å²) in [5.74, 6) is 0.236. The largest absolute Gasteiger partial charge is 0.465 e. The van der Waals surface area contributed by atoms with Crippen LogP contribution in [0.15, 0.2) is 30.3 Å². The zero-order valence-electron chi connectivity index (χ0n) is 9.36. The molecule has 0 unspecified atom stereocenters. The number of ether oxygens (including phenoxy) is 1. The highest BCUT2D eigenvalue weighted by Gasteiger charge is 2.02. The highest BCUT2D eigenvalue weighted by atomic mass is 16.5. The van der Waals surface area contributed by atoms with Gasteiger partial charge in [-0.1, -0.05) is 38.1 Å². The summed E-state index contributed by atoms with van der Waals surface area (Å²) in [4.78, 5) is 11.2. The number of hydrogen-bond donors (Lipinski definition) is 0. The maximum Gasteiger partial charge on any atom is 0.337 e. The molecule has 0 aliphatic carbocycles. The molecule has 0 aliphatic rings. The van der Waals surface area contributed by atoms with E-state index in [1.165, 1.54) is 7.11 Å². The van der Waals surface area contributed by atoms with Gasteiger partial charge in [0.05, 0.1) is 12.7 Å². The average molecular weight is 204 g/mol. The molecular formula is C13H16O2. The molecule has 0 N–H and O–H groups in total. The molecule has 2 nitrogen and oxygen atoms in total. The number of allylic oxidation sites excluding steroid dienone is 1. The third-order valence-electron chi connectivity index (χ3n) is 2.01. The van der Waals surface area contributed by atoms with E-state index in [4.69, 9.17) is 0 Å². The second-order valence-corrected chi connectivity index (χ2v) is 3.72. The smallest absolute Gasteiger partial charge is 0.337 e. The number of rotatable bonds is 3. The highest BCUT2D eigenvalue weighted by molar-refractivity contribution is 5.89. The van der Waals surface area contributed by atoms with E-state index in [0.717, 1.165) is 5.56 Å². The Hall–Kier alpha value is -1.57. The molecule has 1 aromatic carbocycles.